The normalized spacial score (nSPS) is 22.2. The summed E-state index contributed by atoms with van der Waals surface area (Å²) in [6.45, 7) is 4.48. The highest BCUT2D eigenvalue weighted by Gasteiger charge is 2.21. The van der Waals surface area contributed by atoms with Crippen LogP contribution in [0.5, 0.6) is 0 Å². The molecule has 1 aliphatic carbocycles. The number of nitrogens with one attached hydrogen (secondary N) is 1. The van der Waals surface area contributed by atoms with Gasteiger partial charge in [-0.05, 0) is 45.1 Å². The van der Waals surface area contributed by atoms with E-state index in [4.69, 9.17) is 0 Å². The second-order valence-corrected chi connectivity index (χ2v) is 6.22. The van der Waals surface area contributed by atoms with E-state index in [1.54, 1.807) is 0 Å². The molecule has 1 atom stereocenters. The van der Waals surface area contributed by atoms with Crippen molar-refractivity contribution < 1.29 is 0 Å². The van der Waals surface area contributed by atoms with Crippen molar-refractivity contribution in [1.29, 1.82) is 0 Å². The number of hydrogen-bond acceptors (Lipinski definition) is 3. The van der Waals surface area contributed by atoms with E-state index in [-0.39, 0.29) is 0 Å². The highest BCUT2D eigenvalue weighted by atomic mass is 15.3. The van der Waals surface area contributed by atoms with E-state index >= 15 is 0 Å². The summed E-state index contributed by atoms with van der Waals surface area (Å²) in [4.78, 5) is 0. The zero-order valence-electron chi connectivity index (χ0n) is 12.1. The molecule has 2 heterocycles. The highest BCUT2D eigenvalue weighted by molar-refractivity contribution is 5.02. The molecular formula is C15H26N4. The van der Waals surface area contributed by atoms with Gasteiger partial charge in [0, 0.05) is 13.0 Å². The number of fused-ring (bicyclic) bond motifs is 1. The standard InChI is InChI=1S/C15H26N4/c1-12(16-11-13-7-4-5-8-13)15-18-17-14-9-3-2-6-10-19(14)15/h12-13,16H,2-11H2,1H3. The van der Waals surface area contributed by atoms with Crippen LogP contribution in [0.1, 0.15) is 69.6 Å². The van der Waals surface area contributed by atoms with Gasteiger partial charge < -0.3 is 9.88 Å². The summed E-state index contributed by atoms with van der Waals surface area (Å²) in [5, 5.41) is 12.5. The number of hydrogen-bond donors (Lipinski definition) is 1. The van der Waals surface area contributed by atoms with Gasteiger partial charge in [-0.3, -0.25) is 0 Å². The van der Waals surface area contributed by atoms with Crippen LogP contribution >= 0.6 is 0 Å². The molecule has 0 saturated heterocycles. The smallest absolute Gasteiger partial charge is 0.149 e. The van der Waals surface area contributed by atoms with Gasteiger partial charge in [0.2, 0.25) is 0 Å². The highest BCUT2D eigenvalue weighted by Crippen LogP contribution is 2.25. The minimum absolute atomic E-state index is 0.333. The Kier molecular flexibility index (Phi) is 4.16. The second kappa shape index (κ2) is 6.04. The quantitative estimate of drug-likeness (QED) is 0.907. The van der Waals surface area contributed by atoms with Gasteiger partial charge >= 0.3 is 0 Å². The van der Waals surface area contributed by atoms with Crippen molar-refractivity contribution in [3.05, 3.63) is 11.6 Å². The van der Waals surface area contributed by atoms with Gasteiger partial charge in [-0.15, -0.1) is 10.2 Å². The van der Waals surface area contributed by atoms with Crippen LogP contribution < -0.4 is 5.32 Å². The average molecular weight is 262 g/mol. The molecule has 0 amide bonds. The van der Waals surface area contributed by atoms with Crippen molar-refractivity contribution in [3.63, 3.8) is 0 Å². The van der Waals surface area contributed by atoms with E-state index in [9.17, 15) is 0 Å². The average Bonchev–Trinajstić information content (AvgIpc) is 3.02. The van der Waals surface area contributed by atoms with Crippen LogP contribution in [-0.2, 0) is 13.0 Å². The Labute approximate surface area is 116 Å². The molecule has 1 N–H and O–H groups in total. The van der Waals surface area contributed by atoms with Crippen molar-refractivity contribution in [1.82, 2.24) is 20.1 Å². The fourth-order valence-corrected chi connectivity index (χ4v) is 3.48. The maximum atomic E-state index is 4.44. The molecule has 1 aromatic heterocycles. The third-order valence-electron chi connectivity index (χ3n) is 4.71. The fraction of sp³-hybridized carbons (Fsp3) is 0.867. The molecule has 1 aliphatic heterocycles. The number of aromatic nitrogens is 3. The van der Waals surface area contributed by atoms with Gasteiger partial charge in [-0.25, -0.2) is 0 Å². The Hall–Kier alpha value is -0.900. The molecule has 0 aromatic carbocycles. The summed E-state index contributed by atoms with van der Waals surface area (Å²) in [5.74, 6) is 3.23. The van der Waals surface area contributed by atoms with E-state index < -0.39 is 0 Å². The minimum Gasteiger partial charge on any atom is -0.314 e. The molecule has 1 aromatic rings. The summed E-state index contributed by atoms with van der Waals surface area (Å²) >= 11 is 0. The maximum absolute atomic E-state index is 4.44. The second-order valence-electron chi connectivity index (χ2n) is 6.22. The molecule has 0 spiro atoms. The van der Waals surface area contributed by atoms with E-state index in [2.05, 4.69) is 27.0 Å². The predicted molar refractivity (Wildman–Crippen MR) is 76.0 cm³/mol. The Morgan fingerprint density at radius 2 is 2.00 bits per heavy atom. The molecule has 2 aliphatic rings. The van der Waals surface area contributed by atoms with Crippen LogP contribution in [0.3, 0.4) is 0 Å². The monoisotopic (exact) mass is 262 g/mol. The number of rotatable bonds is 4. The first-order chi connectivity index (χ1) is 9.34. The third-order valence-corrected chi connectivity index (χ3v) is 4.71. The molecule has 1 unspecified atom stereocenters. The molecule has 1 saturated carbocycles. The van der Waals surface area contributed by atoms with Gasteiger partial charge in [0.05, 0.1) is 6.04 Å². The number of nitrogens with zero attached hydrogens (tertiary/aromatic N) is 3. The van der Waals surface area contributed by atoms with E-state index in [1.807, 2.05) is 0 Å². The van der Waals surface area contributed by atoms with Crippen LogP contribution in [0.4, 0.5) is 0 Å². The van der Waals surface area contributed by atoms with Crippen molar-refractivity contribution in [2.24, 2.45) is 5.92 Å². The van der Waals surface area contributed by atoms with E-state index in [0.29, 0.717) is 6.04 Å². The predicted octanol–water partition coefficient (Wildman–Crippen LogP) is 2.85. The summed E-state index contributed by atoms with van der Waals surface area (Å²) in [7, 11) is 0. The lowest BCUT2D eigenvalue weighted by molar-refractivity contribution is 0.431. The summed E-state index contributed by atoms with van der Waals surface area (Å²) in [5.41, 5.74) is 0. The first kappa shape index (κ1) is 13.1. The van der Waals surface area contributed by atoms with Crippen LogP contribution in [0.15, 0.2) is 0 Å². The maximum Gasteiger partial charge on any atom is 0.149 e. The van der Waals surface area contributed by atoms with Gasteiger partial charge in [0.25, 0.3) is 0 Å². The van der Waals surface area contributed by atoms with Crippen molar-refractivity contribution >= 4 is 0 Å². The minimum atomic E-state index is 0.333. The Balaban J connectivity index is 1.62. The molecule has 4 heteroatoms. The summed E-state index contributed by atoms with van der Waals surface area (Å²) in [6.07, 6.45) is 10.6. The first-order valence-corrected chi connectivity index (χ1v) is 8.00. The summed E-state index contributed by atoms with van der Waals surface area (Å²) < 4.78 is 2.36. The van der Waals surface area contributed by atoms with E-state index in [0.717, 1.165) is 31.3 Å². The molecule has 106 valence electrons. The third kappa shape index (κ3) is 2.99. The molecule has 3 rings (SSSR count). The Bertz CT molecular complexity index is 406. The van der Waals surface area contributed by atoms with Crippen molar-refractivity contribution in [3.8, 4) is 0 Å². The van der Waals surface area contributed by atoms with E-state index in [1.165, 1.54) is 50.8 Å². The zero-order valence-corrected chi connectivity index (χ0v) is 12.1. The van der Waals surface area contributed by atoms with Crippen LogP contribution in [-0.4, -0.2) is 21.3 Å². The zero-order chi connectivity index (χ0) is 13.1. The largest absolute Gasteiger partial charge is 0.314 e. The van der Waals surface area contributed by atoms with Gasteiger partial charge in [-0.1, -0.05) is 19.3 Å². The van der Waals surface area contributed by atoms with Crippen LogP contribution in [0.2, 0.25) is 0 Å². The fourth-order valence-electron chi connectivity index (χ4n) is 3.48. The number of aryl methyl sites for hydroxylation is 1. The summed E-state index contributed by atoms with van der Waals surface area (Å²) in [6, 6.07) is 0.333. The van der Waals surface area contributed by atoms with Gasteiger partial charge in [-0.2, -0.15) is 0 Å². The van der Waals surface area contributed by atoms with Crippen molar-refractivity contribution in [2.75, 3.05) is 6.54 Å². The Morgan fingerprint density at radius 3 is 2.84 bits per heavy atom. The van der Waals surface area contributed by atoms with Crippen molar-refractivity contribution in [2.45, 2.75) is 70.9 Å². The molecule has 1 fully saturated rings. The molecule has 0 radical (unpaired) electrons. The lowest BCUT2D eigenvalue weighted by Crippen LogP contribution is -2.27. The SMILES string of the molecule is CC(NCC1CCCC1)c1nnc2n1CCCCC2. The Morgan fingerprint density at radius 1 is 1.16 bits per heavy atom. The topological polar surface area (TPSA) is 42.7 Å². The van der Waals surface area contributed by atoms with Gasteiger partial charge in [0.15, 0.2) is 0 Å². The van der Waals surface area contributed by atoms with Gasteiger partial charge in [0.1, 0.15) is 11.6 Å². The molecular weight excluding hydrogens is 236 g/mol. The molecule has 0 bridgehead atoms. The molecule has 19 heavy (non-hydrogen) atoms. The molecule has 4 nitrogen and oxygen atoms in total. The lowest BCUT2D eigenvalue weighted by Gasteiger charge is -2.17. The first-order valence-electron chi connectivity index (χ1n) is 8.00. The van der Waals surface area contributed by atoms with Crippen LogP contribution in [0.25, 0.3) is 0 Å². The lowest BCUT2D eigenvalue weighted by atomic mass is 10.1. The van der Waals surface area contributed by atoms with Crippen LogP contribution in [0, 0.1) is 5.92 Å².